The monoisotopic (exact) mass is 293 g/mol. The second-order valence-corrected chi connectivity index (χ2v) is 5.39. The minimum absolute atomic E-state index is 0.143. The van der Waals surface area contributed by atoms with E-state index in [-0.39, 0.29) is 18.2 Å². The molecule has 1 amide bonds. The van der Waals surface area contributed by atoms with Gasteiger partial charge in [-0.3, -0.25) is 4.79 Å². The molecule has 0 saturated carbocycles. The number of carbonyl (C=O) groups is 2. The van der Waals surface area contributed by atoms with Crippen LogP contribution in [0.3, 0.4) is 0 Å². The number of aryl methyl sites for hydroxylation is 1. The van der Waals surface area contributed by atoms with Crippen LogP contribution in [0.2, 0.25) is 0 Å². The van der Waals surface area contributed by atoms with Crippen molar-refractivity contribution in [2.45, 2.75) is 39.7 Å². The first kappa shape index (κ1) is 17.0. The van der Waals surface area contributed by atoms with Gasteiger partial charge in [0.2, 0.25) is 5.91 Å². The van der Waals surface area contributed by atoms with Crippen LogP contribution in [0.4, 0.5) is 0 Å². The van der Waals surface area contributed by atoms with E-state index in [9.17, 15) is 9.59 Å². The first-order valence-corrected chi connectivity index (χ1v) is 7.11. The highest BCUT2D eigenvalue weighted by molar-refractivity contribution is 5.83. The van der Waals surface area contributed by atoms with Crippen molar-refractivity contribution < 1.29 is 19.4 Å². The molecule has 5 nitrogen and oxygen atoms in total. The maximum absolute atomic E-state index is 11.7. The third kappa shape index (κ3) is 6.29. The summed E-state index contributed by atoms with van der Waals surface area (Å²) in [6.45, 7) is 5.96. The van der Waals surface area contributed by atoms with Crippen molar-refractivity contribution >= 4 is 11.9 Å². The van der Waals surface area contributed by atoms with Gasteiger partial charge in [-0.25, -0.2) is 4.79 Å². The van der Waals surface area contributed by atoms with E-state index in [1.807, 2.05) is 31.2 Å². The maximum Gasteiger partial charge on any atom is 0.326 e. The number of carbonyl (C=O) groups excluding carboxylic acids is 1. The largest absolute Gasteiger partial charge is 0.494 e. The van der Waals surface area contributed by atoms with Gasteiger partial charge in [0.15, 0.2) is 0 Å². The van der Waals surface area contributed by atoms with Gasteiger partial charge >= 0.3 is 5.97 Å². The van der Waals surface area contributed by atoms with Crippen LogP contribution in [-0.4, -0.2) is 29.6 Å². The Labute approximate surface area is 125 Å². The van der Waals surface area contributed by atoms with E-state index >= 15 is 0 Å². The van der Waals surface area contributed by atoms with Crippen LogP contribution in [0.25, 0.3) is 0 Å². The molecule has 1 aromatic carbocycles. The lowest BCUT2D eigenvalue weighted by Crippen LogP contribution is -2.44. The van der Waals surface area contributed by atoms with Crippen LogP contribution >= 0.6 is 0 Å². The molecule has 1 atom stereocenters. The van der Waals surface area contributed by atoms with Crippen LogP contribution in [-0.2, 0) is 9.59 Å². The first-order valence-electron chi connectivity index (χ1n) is 7.11. The molecule has 0 unspecified atom stereocenters. The average Bonchev–Trinajstić information content (AvgIpc) is 2.42. The smallest absolute Gasteiger partial charge is 0.326 e. The van der Waals surface area contributed by atoms with Crippen LogP contribution in [0.1, 0.15) is 32.3 Å². The lowest BCUT2D eigenvalue weighted by atomic mass is 10.0. The van der Waals surface area contributed by atoms with Crippen molar-refractivity contribution in [2.24, 2.45) is 5.92 Å². The number of hydrogen-bond donors (Lipinski definition) is 2. The number of amides is 1. The minimum Gasteiger partial charge on any atom is -0.494 e. The second-order valence-electron chi connectivity index (χ2n) is 5.39. The molecule has 0 spiro atoms. The van der Waals surface area contributed by atoms with E-state index in [0.29, 0.717) is 13.0 Å². The van der Waals surface area contributed by atoms with Gasteiger partial charge < -0.3 is 15.2 Å². The molecule has 0 saturated heterocycles. The fourth-order valence-electron chi connectivity index (χ4n) is 1.82. The van der Waals surface area contributed by atoms with Crippen molar-refractivity contribution in [1.82, 2.24) is 5.32 Å². The third-order valence-corrected chi connectivity index (χ3v) is 3.09. The molecule has 5 heteroatoms. The van der Waals surface area contributed by atoms with E-state index in [2.05, 4.69) is 5.32 Å². The Morgan fingerprint density at radius 3 is 2.38 bits per heavy atom. The van der Waals surface area contributed by atoms with Gasteiger partial charge in [-0.1, -0.05) is 31.5 Å². The molecular weight excluding hydrogens is 270 g/mol. The Bertz CT molecular complexity index is 468. The van der Waals surface area contributed by atoms with Crippen LogP contribution in [0, 0.1) is 12.8 Å². The van der Waals surface area contributed by atoms with Crippen LogP contribution in [0.15, 0.2) is 24.3 Å². The summed E-state index contributed by atoms with van der Waals surface area (Å²) in [5.74, 6) is -0.639. The summed E-state index contributed by atoms with van der Waals surface area (Å²) in [5, 5.41) is 11.5. The van der Waals surface area contributed by atoms with E-state index in [0.717, 1.165) is 11.3 Å². The molecule has 1 rings (SSSR count). The van der Waals surface area contributed by atoms with Crippen LogP contribution < -0.4 is 10.1 Å². The first-order chi connectivity index (χ1) is 9.90. The molecule has 0 bridgehead atoms. The van der Waals surface area contributed by atoms with Crippen molar-refractivity contribution in [2.75, 3.05) is 6.61 Å². The maximum atomic E-state index is 11.7. The number of benzene rings is 1. The van der Waals surface area contributed by atoms with Crippen molar-refractivity contribution in [3.05, 3.63) is 29.8 Å². The summed E-state index contributed by atoms with van der Waals surface area (Å²) in [7, 11) is 0. The van der Waals surface area contributed by atoms with Crippen LogP contribution in [0.5, 0.6) is 5.75 Å². The Morgan fingerprint density at radius 1 is 1.24 bits per heavy atom. The molecule has 0 aliphatic carbocycles. The molecular formula is C16H23NO4. The van der Waals surface area contributed by atoms with Gasteiger partial charge in [-0.05, 0) is 31.4 Å². The Kier molecular flexibility index (Phi) is 6.72. The Balaban J connectivity index is 2.27. The number of nitrogens with one attached hydrogen (secondary N) is 1. The molecule has 2 N–H and O–H groups in total. The quantitative estimate of drug-likeness (QED) is 0.722. The van der Waals surface area contributed by atoms with Gasteiger partial charge in [0.1, 0.15) is 11.8 Å². The number of ether oxygens (including phenoxy) is 1. The van der Waals surface area contributed by atoms with Gasteiger partial charge in [0.05, 0.1) is 6.61 Å². The molecule has 0 fully saturated rings. The Morgan fingerprint density at radius 2 is 1.86 bits per heavy atom. The van der Waals surface area contributed by atoms with E-state index < -0.39 is 12.0 Å². The summed E-state index contributed by atoms with van der Waals surface area (Å²) >= 11 is 0. The average molecular weight is 293 g/mol. The number of hydrogen-bond acceptors (Lipinski definition) is 3. The number of rotatable bonds is 8. The summed E-state index contributed by atoms with van der Waals surface area (Å²) < 4.78 is 5.51. The summed E-state index contributed by atoms with van der Waals surface area (Å²) in [4.78, 5) is 22.7. The normalized spacial score (nSPS) is 12.0. The highest BCUT2D eigenvalue weighted by atomic mass is 16.5. The zero-order valence-electron chi connectivity index (χ0n) is 12.8. The van der Waals surface area contributed by atoms with E-state index in [1.54, 1.807) is 13.8 Å². The zero-order chi connectivity index (χ0) is 15.8. The highest BCUT2D eigenvalue weighted by Gasteiger charge is 2.22. The molecule has 1 aromatic rings. The number of carboxylic acids is 1. The molecule has 0 aromatic heterocycles. The van der Waals surface area contributed by atoms with Crippen molar-refractivity contribution in [3.63, 3.8) is 0 Å². The molecule has 0 aliphatic heterocycles. The second kappa shape index (κ2) is 8.29. The van der Waals surface area contributed by atoms with Gasteiger partial charge in [-0.2, -0.15) is 0 Å². The fourth-order valence-corrected chi connectivity index (χ4v) is 1.82. The molecule has 21 heavy (non-hydrogen) atoms. The SMILES string of the molecule is Cc1ccc(OCCCC(=O)N[C@H](C(=O)O)C(C)C)cc1. The predicted molar refractivity (Wildman–Crippen MR) is 80.3 cm³/mol. The van der Waals surface area contributed by atoms with Crippen molar-refractivity contribution in [1.29, 1.82) is 0 Å². The fraction of sp³-hybridized carbons (Fsp3) is 0.500. The third-order valence-electron chi connectivity index (χ3n) is 3.09. The standard InChI is InChI=1S/C16H23NO4/c1-11(2)15(16(19)20)17-14(18)5-4-10-21-13-8-6-12(3)7-9-13/h6-9,11,15H,4-5,10H2,1-3H3,(H,17,18)(H,19,20)/t15-/m0/s1. The molecule has 116 valence electrons. The van der Waals surface area contributed by atoms with E-state index in [1.165, 1.54) is 0 Å². The minimum atomic E-state index is -1.01. The lowest BCUT2D eigenvalue weighted by Gasteiger charge is -2.17. The summed E-state index contributed by atoms with van der Waals surface area (Å²) in [6, 6.07) is 6.85. The molecule has 0 radical (unpaired) electrons. The highest BCUT2D eigenvalue weighted by Crippen LogP contribution is 2.11. The van der Waals surface area contributed by atoms with Gasteiger partial charge in [-0.15, -0.1) is 0 Å². The predicted octanol–water partition coefficient (Wildman–Crippen LogP) is 2.38. The van der Waals surface area contributed by atoms with Gasteiger partial charge in [0.25, 0.3) is 0 Å². The zero-order valence-corrected chi connectivity index (χ0v) is 12.8. The van der Waals surface area contributed by atoms with Gasteiger partial charge in [0, 0.05) is 6.42 Å². The number of aliphatic carboxylic acids is 1. The van der Waals surface area contributed by atoms with Crippen molar-refractivity contribution in [3.8, 4) is 5.75 Å². The lowest BCUT2D eigenvalue weighted by molar-refractivity contribution is -0.143. The molecule has 0 heterocycles. The summed E-state index contributed by atoms with van der Waals surface area (Å²) in [5.41, 5.74) is 1.16. The summed E-state index contributed by atoms with van der Waals surface area (Å²) in [6.07, 6.45) is 0.798. The topological polar surface area (TPSA) is 75.6 Å². The Hall–Kier alpha value is -2.04. The van der Waals surface area contributed by atoms with E-state index in [4.69, 9.17) is 9.84 Å². The molecule has 0 aliphatic rings. The number of carboxylic acid groups (broad SMARTS) is 1.